The minimum atomic E-state index is -4.55. The number of aromatic nitrogens is 2. The summed E-state index contributed by atoms with van der Waals surface area (Å²) in [5.41, 5.74) is 0.836. The number of rotatable bonds is 6. The zero-order chi connectivity index (χ0) is 16.2. The van der Waals surface area contributed by atoms with Gasteiger partial charge in [-0.15, -0.1) is 13.2 Å². The molecule has 0 aromatic carbocycles. The van der Waals surface area contributed by atoms with Gasteiger partial charge in [0.05, 0.1) is 11.8 Å². The fourth-order valence-electron chi connectivity index (χ4n) is 2.60. The lowest BCUT2D eigenvalue weighted by Crippen LogP contribution is -2.38. The SMILES string of the molecule is CCCCc1nc(Cl)c(CN2CCC(OC(F)(F)F)CC2)[nH]1. The van der Waals surface area contributed by atoms with Crippen molar-refractivity contribution in [1.29, 1.82) is 0 Å². The number of ether oxygens (including phenoxy) is 1. The molecule has 1 aliphatic rings. The third-order valence-corrected chi connectivity index (χ3v) is 4.07. The largest absolute Gasteiger partial charge is 0.522 e. The summed E-state index contributed by atoms with van der Waals surface area (Å²) >= 11 is 6.12. The quantitative estimate of drug-likeness (QED) is 0.854. The average Bonchev–Trinajstić information content (AvgIpc) is 2.77. The summed E-state index contributed by atoms with van der Waals surface area (Å²) in [5.74, 6) is 0.872. The topological polar surface area (TPSA) is 41.2 Å². The summed E-state index contributed by atoms with van der Waals surface area (Å²) in [6.07, 6.45) is -1.56. The van der Waals surface area contributed by atoms with E-state index in [-0.39, 0.29) is 0 Å². The first kappa shape index (κ1) is 17.6. The number of hydrogen-bond donors (Lipinski definition) is 1. The molecule has 0 unspecified atom stereocenters. The van der Waals surface area contributed by atoms with E-state index in [1.54, 1.807) is 0 Å². The third-order valence-electron chi connectivity index (χ3n) is 3.76. The highest BCUT2D eigenvalue weighted by Gasteiger charge is 2.35. The highest BCUT2D eigenvalue weighted by molar-refractivity contribution is 6.30. The van der Waals surface area contributed by atoms with Crippen LogP contribution in [0, 0.1) is 0 Å². The van der Waals surface area contributed by atoms with Gasteiger partial charge in [0.2, 0.25) is 0 Å². The number of likely N-dealkylation sites (tertiary alicyclic amines) is 1. The Labute approximate surface area is 133 Å². The summed E-state index contributed by atoms with van der Waals surface area (Å²) in [5, 5.41) is 0.458. The van der Waals surface area contributed by atoms with Crippen LogP contribution in [0.5, 0.6) is 0 Å². The molecule has 1 fully saturated rings. The molecule has 1 aliphatic heterocycles. The molecular weight excluding hydrogens is 319 g/mol. The predicted octanol–water partition coefficient (Wildman–Crippen LogP) is 3.91. The van der Waals surface area contributed by atoms with Gasteiger partial charge in [0.1, 0.15) is 5.82 Å². The molecule has 0 bridgehead atoms. The fraction of sp³-hybridized carbons (Fsp3) is 0.786. The number of nitrogens with one attached hydrogen (secondary N) is 1. The molecule has 0 radical (unpaired) electrons. The van der Waals surface area contributed by atoms with E-state index >= 15 is 0 Å². The number of H-pyrrole nitrogens is 1. The molecule has 1 N–H and O–H groups in total. The molecule has 1 aromatic heterocycles. The molecular formula is C14H21ClF3N3O. The van der Waals surface area contributed by atoms with Crippen LogP contribution in [0.3, 0.4) is 0 Å². The number of aromatic amines is 1. The molecule has 1 saturated heterocycles. The first-order valence-corrected chi connectivity index (χ1v) is 7.95. The van der Waals surface area contributed by atoms with Gasteiger partial charge in [-0.25, -0.2) is 4.98 Å². The van der Waals surface area contributed by atoms with Crippen LogP contribution >= 0.6 is 11.6 Å². The lowest BCUT2D eigenvalue weighted by Gasteiger charge is -2.31. The van der Waals surface area contributed by atoms with Crippen LogP contribution in [-0.2, 0) is 17.7 Å². The van der Waals surface area contributed by atoms with Crippen LogP contribution in [0.15, 0.2) is 0 Å². The average molecular weight is 340 g/mol. The van der Waals surface area contributed by atoms with Crippen molar-refractivity contribution in [3.8, 4) is 0 Å². The van der Waals surface area contributed by atoms with Gasteiger partial charge >= 0.3 is 6.36 Å². The Hall–Kier alpha value is -0.790. The number of halogens is 4. The molecule has 126 valence electrons. The second kappa shape index (κ2) is 7.66. The Bertz CT molecular complexity index is 470. The van der Waals surface area contributed by atoms with E-state index in [1.807, 2.05) is 0 Å². The molecule has 0 saturated carbocycles. The summed E-state index contributed by atoms with van der Waals surface area (Å²) in [6, 6.07) is 0. The first-order chi connectivity index (χ1) is 10.4. The molecule has 22 heavy (non-hydrogen) atoms. The van der Waals surface area contributed by atoms with E-state index in [1.165, 1.54) is 0 Å². The van der Waals surface area contributed by atoms with Gasteiger partial charge in [-0.3, -0.25) is 9.64 Å². The minimum Gasteiger partial charge on any atom is -0.344 e. The third kappa shape index (κ3) is 5.44. The Morgan fingerprint density at radius 2 is 2.05 bits per heavy atom. The molecule has 0 spiro atoms. The van der Waals surface area contributed by atoms with Gasteiger partial charge in [0.15, 0.2) is 5.15 Å². The normalized spacial score (nSPS) is 18.0. The van der Waals surface area contributed by atoms with E-state index in [2.05, 4.69) is 26.5 Å². The maximum atomic E-state index is 12.2. The second-order valence-corrected chi connectivity index (χ2v) is 5.95. The van der Waals surface area contributed by atoms with Crippen molar-refractivity contribution in [2.75, 3.05) is 13.1 Å². The van der Waals surface area contributed by atoms with E-state index in [4.69, 9.17) is 11.6 Å². The molecule has 8 heteroatoms. The minimum absolute atomic E-state index is 0.369. The summed E-state index contributed by atoms with van der Waals surface area (Å²) in [4.78, 5) is 9.57. The van der Waals surface area contributed by atoms with Crippen LogP contribution in [0.2, 0.25) is 5.15 Å². The standard InChI is InChI=1S/C14H21ClF3N3O/c1-2-3-4-12-19-11(13(15)20-12)9-21-7-5-10(6-8-21)22-14(16,17)18/h10H,2-9H2,1H3,(H,19,20). The van der Waals surface area contributed by atoms with Crippen molar-refractivity contribution in [1.82, 2.24) is 14.9 Å². The Balaban J connectivity index is 1.82. The van der Waals surface area contributed by atoms with Crippen LogP contribution in [0.4, 0.5) is 13.2 Å². The van der Waals surface area contributed by atoms with Gasteiger partial charge in [0.25, 0.3) is 0 Å². The Kier molecular flexibility index (Phi) is 6.11. The molecule has 0 atom stereocenters. The van der Waals surface area contributed by atoms with E-state index in [0.717, 1.165) is 30.8 Å². The number of alkyl halides is 3. The van der Waals surface area contributed by atoms with Crippen molar-refractivity contribution in [2.45, 2.75) is 58.0 Å². The molecule has 2 rings (SSSR count). The first-order valence-electron chi connectivity index (χ1n) is 7.57. The molecule has 2 heterocycles. The van der Waals surface area contributed by atoms with Gasteiger partial charge in [-0.2, -0.15) is 0 Å². The van der Waals surface area contributed by atoms with E-state index < -0.39 is 12.5 Å². The molecule has 0 aliphatic carbocycles. The summed E-state index contributed by atoms with van der Waals surface area (Å²) in [7, 11) is 0. The number of hydrogen-bond acceptors (Lipinski definition) is 3. The summed E-state index contributed by atoms with van der Waals surface area (Å²) < 4.78 is 40.6. The number of imidazole rings is 1. The predicted molar refractivity (Wildman–Crippen MR) is 77.6 cm³/mol. The maximum Gasteiger partial charge on any atom is 0.522 e. The maximum absolute atomic E-state index is 12.2. The Morgan fingerprint density at radius 3 is 2.64 bits per heavy atom. The number of aryl methyl sites for hydroxylation is 1. The van der Waals surface area contributed by atoms with Crippen LogP contribution < -0.4 is 0 Å². The monoisotopic (exact) mass is 339 g/mol. The van der Waals surface area contributed by atoms with Crippen LogP contribution in [0.25, 0.3) is 0 Å². The molecule has 4 nitrogen and oxygen atoms in total. The lowest BCUT2D eigenvalue weighted by atomic mass is 10.1. The highest BCUT2D eigenvalue weighted by atomic mass is 35.5. The molecule has 0 amide bonds. The highest BCUT2D eigenvalue weighted by Crippen LogP contribution is 2.25. The van der Waals surface area contributed by atoms with E-state index in [0.29, 0.717) is 37.6 Å². The molecule has 1 aromatic rings. The van der Waals surface area contributed by atoms with Crippen LogP contribution in [-0.4, -0.2) is 40.4 Å². The van der Waals surface area contributed by atoms with Crippen molar-refractivity contribution in [2.24, 2.45) is 0 Å². The summed E-state index contributed by atoms with van der Waals surface area (Å²) in [6.45, 7) is 3.80. The number of unbranched alkanes of at least 4 members (excludes halogenated alkanes) is 1. The van der Waals surface area contributed by atoms with E-state index in [9.17, 15) is 13.2 Å². The fourth-order valence-corrected chi connectivity index (χ4v) is 2.81. The van der Waals surface area contributed by atoms with Crippen molar-refractivity contribution in [3.05, 3.63) is 16.7 Å². The number of nitrogens with zero attached hydrogens (tertiary/aromatic N) is 2. The van der Waals surface area contributed by atoms with Crippen LogP contribution in [0.1, 0.15) is 44.1 Å². The van der Waals surface area contributed by atoms with Gasteiger partial charge in [-0.05, 0) is 19.3 Å². The van der Waals surface area contributed by atoms with Crippen molar-refractivity contribution < 1.29 is 17.9 Å². The zero-order valence-corrected chi connectivity index (χ0v) is 13.3. The van der Waals surface area contributed by atoms with Gasteiger partial charge in [-0.1, -0.05) is 24.9 Å². The number of piperidine rings is 1. The smallest absolute Gasteiger partial charge is 0.344 e. The van der Waals surface area contributed by atoms with Gasteiger partial charge in [0, 0.05) is 26.1 Å². The zero-order valence-electron chi connectivity index (χ0n) is 12.5. The Morgan fingerprint density at radius 1 is 1.36 bits per heavy atom. The lowest BCUT2D eigenvalue weighted by molar-refractivity contribution is -0.345. The van der Waals surface area contributed by atoms with Crippen molar-refractivity contribution in [3.63, 3.8) is 0 Å². The van der Waals surface area contributed by atoms with Crippen molar-refractivity contribution >= 4 is 11.6 Å². The second-order valence-electron chi connectivity index (χ2n) is 5.60. The van der Waals surface area contributed by atoms with Gasteiger partial charge < -0.3 is 4.98 Å².